The van der Waals surface area contributed by atoms with E-state index < -0.39 is 0 Å². The Hall–Kier alpha value is -2.02. The summed E-state index contributed by atoms with van der Waals surface area (Å²) in [6.07, 6.45) is 0. The third-order valence-electron chi connectivity index (χ3n) is 1.65. The number of benzene rings is 1. The summed E-state index contributed by atoms with van der Waals surface area (Å²) in [5.41, 5.74) is 0.949. The fourth-order valence-electron chi connectivity index (χ4n) is 0.978. The number of methoxy groups -OCH3 is 1. The molecule has 0 bridgehead atoms. The number of oxime groups is 1. The molecule has 0 saturated heterocycles. The topological polar surface area (TPSA) is 54.6 Å². The average molecular weight is 190 g/mol. The quantitative estimate of drug-likeness (QED) is 0.537. The summed E-state index contributed by atoms with van der Waals surface area (Å²) in [6, 6.07) is 8.96. The van der Waals surface area contributed by atoms with E-state index in [2.05, 4.69) is 9.99 Å². The molecule has 0 amide bonds. The van der Waals surface area contributed by atoms with E-state index in [0.29, 0.717) is 5.56 Å². The molecule has 4 heteroatoms. The van der Waals surface area contributed by atoms with Gasteiger partial charge in [-0.15, -0.1) is 0 Å². The van der Waals surface area contributed by atoms with Crippen LogP contribution in [0.15, 0.2) is 29.4 Å². The second-order valence-corrected chi connectivity index (χ2v) is 2.46. The van der Waals surface area contributed by atoms with Gasteiger partial charge in [0.05, 0.1) is 7.11 Å². The van der Waals surface area contributed by atoms with Crippen molar-refractivity contribution in [3.63, 3.8) is 0 Å². The van der Waals surface area contributed by atoms with Gasteiger partial charge in [-0.25, -0.2) is 0 Å². The summed E-state index contributed by atoms with van der Waals surface area (Å²) < 4.78 is 4.99. The SMILES string of the molecule is CO/N=C(/C#N)c1ccc(OC)cc1. The van der Waals surface area contributed by atoms with Gasteiger partial charge in [-0.1, -0.05) is 5.16 Å². The first-order valence-corrected chi connectivity index (χ1v) is 3.97. The van der Waals surface area contributed by atoms with Gasteiger partial charge in [-0.05, 0) is 24.3 Å². The average Bonchev–Trinajstić information content (AvgIpc) is 2.26. The van der Waals surface area contributed by atoms with E-state index in [1.165, 1.54) is 7.11 Å². The summed E-state index contributed by atoms with van der Waals surface area (Å²) in [4.78, 5) is 4.54. The maximum Gasteiger partial charge on any atom is 0.186 e. The molecule has 0 heterocycles. The molecule has 4 nitrogen and oxygen atoms in total. The van der Waals surface area contributed by atoms with Gasteiger partial charge in [0.1, 0.15) is 18.9 Å². The van der Waals surface area contributed by atoms with Crippen LogP contribution < -0.4 is 4.74 Å². The maximum absolute atomic E-state index is 8.75. The van der Waals surface area contributed by atoms with Crippen molar-refractivity contribution in [3.05, 3.63) is 29.8 Å². The van der Waals surface area contributed by atoms with Crippen LogP contribution in [-0.2, 0) is 4.84 Å². The highest BCUT2D eigenvalue weighted by molar-refractivity contribution is 6.11. The second-order valence-electron chi connectivity index (χ2n) is 2.46. The molecule has 1 aromatic carbocycles. The van der Waals surface area contributed by atoms with Crippen molar-refractivity contribution in [2.24, 2.45) is 5.16 Å². The molecule has 0 aliphatic rings. The Morgan fingerprint density at radius 3 is 2.36 bits per heavy atom. The minimum absolute atomic E-state index is 0.246. The zero-order chi connectivity index (χ0) is 10.4. The molecule has 0 aliphatic carbocycles. The highest BCUT2D eigenvalue weighted by Crippen LogP contribution is 2.11. The van der Waals surface area contributed by atoms with E-state index in [9.17, 15) is 0 Å². The van der Waals surface area contributed by atoms with Crippen molar-refractivity contribution < 1.29 is 9.57 Å². The molecule has 14 heavy (non-hydrogen) atoms. The molecule has 0 N–H and O–H groups in total. The molecule has 1 aromatic rings. The summed E-state index contributed by atoms with van der Waals surface area (Å²) in [5, 5.41) is 12.3. The predicted molar refractivity (Wildman–Crippen MR) is 52.2 cm³/mol. The van der Waals surface area contributed by atoms with Gasteiger partial charge in [0.25, 0.3) is 0 Å². The Bertz CT molecular complexity index is 363. The van der Waals surface area contributed by atoms with E-state index in [4.69, 9.17) is 10.00 Å². The van der Waals surface area contributed by atoms with Crippen molar-refractivity contribution in [1.82, 2.24) is 0 Å². The van der Waals surface area contributed by atoms with Crippen LogP contribution in [0.5, 0.6) is 5.75 Å². The lowest BCUT2D eigenvalue weighted by atomic mass is 10.1. The van der Waals surface area contributed by atoms with Crippen molar-refractivity contribution in [1.29, 1.82) is 5.26 Å². The number of nitrogens with zero attached hydrogens (tertiary/aromatic N) is 2. The molecule has 0 aliphatic heterocycles. The Morgan fingerprint density at radius 2 is 1.93 bits per heavy atom. The fraction of sp³-hybridized carbons (Fsp3) is 0.200. The van der Waals surface area contributed by atoms with Gasteiger partial charge in [-0.3, -0.25) is 0 Å². The number of hydrogen-bond donors (Lipinski definition) is 0. The minimum Gasteiger partial charge on any atom is -0.497 e. The first-order chi connectivity index (χ1) is 6.81. The van der Waals surface area contributed by atoms with E-state index >= 15 is 0 Å². The molecule has 0 fully saturated rings. The second kappa shape index (κ2) is 4.87. The fourth-order valence-corrected chi connectivity index (χ4v) is 0.978. The smallest absolute Gasteiger partial charge is 0.186 e. The lowest BCUT2D eigenvalue weighted by Gasteiger charge is -2.00. The number of hydrogen-bond acceptors (Lipinski definition) is 4. The van der Waals surface area contributed by atoms with Gasteiger partial charge in [0, 0.05) is 5.56 Å². The first kappa shape index (κ1) is 10.1. The monoisotopic (exact) mass is 190 g/mol. The van der Waals surface area contributed by atoms with Gasteiger partial charge < -0.3 is 9.57 Å². The maximum atomic E-state index is 8.75. The largest absolute Gasteiger partial charge is 0.497 e. The Balaban J connectivity index is 2.97. The van der Waals surface area contributed by atoms with E-state index in [0.717, 1.165) is 5.75 Å². The molecule has 0 atom stereocenters. The first-order valence-electron chi connectivity index (χ1n) is 3.97. The lowest BCUT2D eigenvalue weighted by molar-refractivity contribution is 0.214. The van der Waals surface area contributed by atoms with Crippen molar-refractivity contribution in [3.8, 4) is 11.8 Å². The molecule has 0 saturated carbocycles. The van der Waals surface area contributed by atoms with Crippen molar-refractivity contribution in [2.75, 3.05) is 14.2 Å². The predicted octanol–water partition coefficient (Wildman–Crippen LogP) is 1.57. The molecular formula is C10H10N2O2. The third kappa shape index (κ3) is 2.23. The number of nitriles is 1. The number of rotatable bonds is 3. The van der Waals surface area contributed by atoms with Crippen LogP contribution in [0.1, 0.15) is 5.56 Å². The molecule has 0 unspecified atom stereocenters. The molecule has 0 radical (unpaired) electrons. The van der Waals surface area contributed by atoms with Gasteiger partial charge in [0.2, 0.25) is 0 Å². The van der Waals surface area contributed by atoms with Gasteiger partial charge >= 0.3 is 0 Å². The zero-order valence-electron chi connectivity index (χ0n) is 8.02. The van der Waals surface area contributed by atoms with Gasteiger partial charge in [-0.2, -0.15) is 5.26 Å². The molecular weight excluding hydrogens is 180 g/mol. The van der Waals surface area contributed by atoms with Crippen molar-refractivity contribution in [2.45, 2.75) is 0 Å². The van der Waals surface area contributed by atoms with Crippen molar-refractivity contribution >= 4 is 5.71 Å². The Morgan fingerprint density at radius 1 is 1.29 bits per heavy atom. The van der Waals surface area contributed by atoms with E-state index in [1.807, 2.05) is 6.07 Å². The Labute approximate surface area is 82.4 Å². The van der Waals surface area contributed by atoms with Crippen LogP contribution >= 0.6 is 0 Å². The minimum atomic E-state index is 0.246. The van der Waals surface area contributed by atoms with Crippen LogP contribution in [-0.4, -0.2) is 19.9 Å². The van der Waals surface area contributed by atoms with E-state index in [-0.39, 0.29) is 5.71 Å². The summed E-state index contributed by atoms with van der Waals surface area (Å²) in [6.45, 7) is 0. The zero-order valence-corrected chi connectivity index (χ0v) is 8.02. The Kier molecular flexibility index (Phi) is 3.50. The van der Waals surface area contributed by atoms with Gasteiger partial charge in [0.15, 0.2) is 5.71 Å². The van der Waals surface area contributed by atoms with Crippen LogP contribution in [0.4, 0.5) is 0 Å². The summed E-state index contributed by atoms with van der Waals surface area (Å²) >= 11 is 0. The molecule has 1 rings (SSSR count). The van der Waals surface area contributed by atoms with Crippen LogP contribution in [0.2, 0.25) is 0 Å². The highest BCUT2D eigenvalue weighted by atomic mass is 16.6. The number of ether oxygens (including phenoxy) is 1. The van der Waals surface area contributed by atoms with Crippen LogP contribution in [0.3, 0.4) is 0 Å². The van der Waals surface area contributed by atoms with Crippen LogP contribution in [0.25, 0.3) is 0 Å². The summed E-state index contributed by atoms with van der Waals surface area (Å²) in [5.74, 6) is 0.739. The standard InChI is InChI=1S/C10H10N2O2/c1-13-9-5-3-8(4-6-9)10(7-11)12-14-2/h3-6H,1-2H3/b12-10-. The normalized spacial score (nSPS) is 10.5. The summed E-state index contributed by atoms with van der Waals surface area (Å²) in [7, 11) is 2.99. The third-order valence-corrected chi connectivity index (χ3v) is 1.65. The highest BCUT2D eigenvalue weighted by Gasteiger charge is 2.02. The van der Waals surface area contributed by atoms with Crippen LogP contribution in [0, 0.1) is 11.3 Å². The molecule has 72 valence electrons. The molecule has 0 spiro atoms. The molecule has 0 aromatic heterocycles. The lowest BCUT2D eigenvalue weighted by Crippen LogP contribution is -1.97. The van der Waals surface area contributed by atoms with E-state index in [1.54, 1.807) is 31.4 Å².